The molecular formula is C18H18N2O5. The van der Waals surface area contributed by atoms with Crippen molar-refractivity contribution in [1.82, 2.24) is 0 Å². The molecule has 25 heavy (non-hydrogen) atoms. The lowest BCUT2D eigenvalue weighted by Crippen LogP contribution is -2.38. The lowest BCUT2D eigenvalue weighted by Gasteiger charge is -2.38. The van der Waals surface area contributed by atoms with Crippen LogP contribution in [0.3, 0.4) is 0 Å². The number of carbonyl (C=O) groups is 2. The summed E-state index contributed by atoms with van der Waals surface area (Å²) in [5.74, 6) is -0.958. The summed E-state index contributed by atoms with van der Waals surface area (Å²) in [4.78, 5) is 37.8. The number of amides is 2. The highest BCUT2D eigenvalue weighted by Gasteiger charge is 2.57. The maximum atomic E-state index is 12.9. The highest BCUT2D eigenvalue weighted by molar-refractivity contribution is 6.23. The molecule has 0 N–H and O–H groups in total. The van der Waals surface area contributed by atoms with Gasteiger partial charge in [-0.05, 0) is 43.7 Å². The molecule has 1 aromatic rings. The number of hydrogen-bond acceptors (Lipinski definition) is 5. The number of nitro benzene ring substituents is 1. The van der Waals surface area contributed by atoms with Crippen LogP contribution in [0.2, 0.25) is 0 Å². The van der Waals surface area contributed by atoms with Gasteiger partial charge < -0.3 is 4.74 Å². The lowest BCUT2D eigenvalue weighted by atomic mass is 9.63. The van der Waals surface area contributed by atoms with Crippen LogP contribution in [0, 0.1) is 33.8 Å². The van der Waals surface area contributed by atoms with Gasteiger partial charge in [0.2, 0.25) is 11.8 Å². The average Bonchev–Trinajstić information content (AvgIpc) is 2.89. The van der Waals surface area contributed by atoms with E-state index >= 15 is 0 Å². The van der Waals surface area contributed by atoms with Crippen LogP contribution in [0.15, 0.2) is 30.4 Å². The number of imide groups is 1. The quantitative estimate of drug-likeness (QED) is 0.363. The zero-order valence-corrected chi connectivity index (χ0v) is 13.8. The number of carbonyl (C=O) groups excluding carboxylic acids is 2. The maximum Gasteiger partial charge on any atom is 0.297 e. The van der Waals surface area contributed by atoms with Crippen LogP contribution in [0.5, 0.6) is 5.75 Å². The molecule has 0 spiro atoms. The van der Waals surface area contributed by atoms with E-state index in [1.165, 1.54) is 12.1 Å². The Morgan fingerprint density at radius 1 is 1.16 bits per heavy atom. The van der Waals surface area contributed by atoms with Crippen LogP contribution in [0.4, 0.5) is 11.4 Å². The first-order chi connectivity index (χ1) is 12.0. The van der Waals surface area contributed by atoms with Crippen molar-refractivity contribution in [2.75, 3.05) is 11.5 Å². The lowest BCUT2D eigenvalue weighted by molar-refractivity contribution is -0.384. The Balaban J connectivity index is 1.77. The number of hydrogen-bond donors (Lipinski definition) is 0. The van der Waals surface area contributed by atoms with E-state index in [1.54, 1.807) is 13.0 Å². The van der Waals surface area contributed by atoms with E-state index in [0.29, 0.717) is 12.4 Å². The van der Waals surface area contributed by atoms with Crippen molar-refractivity contribution < 1.29 is 19.2 Å². The summed E-state index contributed by atoms with van der Waals surface area (Å²) in [5, 5.41) is 11.5. The van der Waals surface area contributed by atoms with E-state index < -0.39 is 4.92 Å². The molecule has 4 atom stereocenters. The summed E-state index contributed by atoms with van der Waals surface area (Å²) in [6.45, 7) is 2.15. The van der Waals surface area contributed by atoms with E-state index in [9.17, 15) is 19.7 Å². The van der Waals surface area contributed by atoms with E-state index in [0.717, 1.165) is 17.7 Å². The van der Waals surface area contributed by atoms with Gasteiger partial charge >= 0.3 is 0 Å². The average molecular weight is 342 g/mol. The van der Waals surface area contributed by atoms with Crippen LogP contribution < -0.4 is 9.64 Å². The minimum atomic E-state index is -0.576. The van der Waals surface area contributed by atoms with E-state index in [2.05, 4.69) is 0 Å². The van der Waals surface area contributed by atoms with Crippen molar-refractivity contribution >= 4 is 23.2 Å². The molecule has 1 aliphatic heterocycles. The molecule has 4 aliphatic rings. The molecule has 5 rings (SSSR count). The molecule has 3 aliphatic carbocycles. The number of nitrogens with zero attached hydrogens (tertiary/aromatic N) is 2. The number of fused-ring (bicyclic) bond motifs is 1. The van der Waals surface area contributed by atoms with E-state index in [1.807, 2.05) is 12.2 Å². The Hall–Kier alpha value is -2.70. The number of nitro groups is 1. The van der Waals surface area contributed by atoms with E-state index in [-0.39, 0.29) is 46.9 Å². The largest absolute Gasteiger partial charge is 0.494 e. The Labute approximate surface area is 144 Å². The molecule has 1 aromatic carbocycles. The van der Waals surface area contributed by atoms with Crippen molar-refractivity contribution in [3.05, 3.63) is 40.5 Å². The number of allylic oxidation sites excluding steroid dienone is 2. The number of rotatable bonds is 4. The van der Waals surface area contributed by atoms with Crippen LogP contribution >= 0.6 is 0 Å². The molecule has 2 bridgehead atoms. The summed E-state index contributed by atoms with van der Waals surface area (Å²) >= 11 is 0. The monoisotopic (exact) mass is 342 g/mol. The van der Waals surface area contributed by atoms with Crippen molar-refractivity contribution in [3.8, 4) is 5.75 Å². The van der Waals surface area contributed by atoms with Gasteiger partial charge in [-0.3, -0.25) is 19.7 Å². The van der Waals surface area contributed by atoms with Gasteiger partial charge in [0.1, 0.15) is 11.4 Å². The van der Waals surface area contributed by atoms with Crippen molar-refractivity contribution in [1.29, 1.82) is 0 Å². The molecular weight excluding hydrogens is 324 g/mol. The van der Waals surface area contributed by atoms with Crippen molar-refractivity contribution in [3.63, 3.8) is 0 Å². The predicted octanol–water partition coefficient (Wildman–Crippen LogP) is 2.70. The normalized spacial score (nSPS) is 29.9. The van der Waals surface area contributed by atoms with Gasteiger partial charge in [0, 0.05) is 0 Å². The highest BCUT2D eigenvalue weighted by atomic mass is 16.6. The Morgan fingerprint density at radius 3 is 2.24 bits per heavy atom. The number of benzene rings is 1. The number of ether oxygens (including phenoxy) is 1. The van der Waals surface area contributed by atoms with Gasteiger partial charge in [0.15, 0.2) is 0 Å². The zero-order valence-electron chi connectivity index (χ0n) is 13.8. The van der Waals surface area contributed by atoms with Crippen LogP contribution in [-0.4, -0.2) is 23.3 Å². The second-order valence-corrected chi connectivity index (χ2v) is 6.69. The van der Waals surface area contributed by atoms with Gasteiger partial charge in [-0.15, -0.1) is 0 Å². The second kappa shape index (κ2) is 5.68. The predicted molar refractivity (Wildman–Crippen MR) is 89.1 cm³/mol. The maximum absolute atomic E-state index is 12.9. The molecule has 130 valence electrons. The SMILES string of the molecule is CCOc1ccc(N2C(=O)[C@@H]3[C@@H](C2=O)[C@H]2C=C[C@@H]3CC2)c([N+](=O)[O-])c1. The minimum Gasteiger partial charge on any atom is -0.494 e. The molecule has 7 nitrogen and oxygen atoms in total. The van der Waals surface area contributed by atoms with Gasteiger partial charge in [-0.25, -0.2) is 4.90 Å². The second-order valence-electron chi connectivity index (χ2n) is 6.69. The third-order valence-electron chi connectivity index (χ3n) is 5.45. The summed E-state index contributed by atoms with van der Waals surface area (Å²) in [5.41, 5.74) is -0.246. The van der Waals surface area contributed by atoms with Gasteiger partial charge in [-0.2, -0.15) is 0 Å². The Bertz CT molecular complexity index is 771. The number of anilines is 1. The third-order valence-corrected chi connectivity index (χ3v) is 5.45. The topological polar surface area (TPSA) is 89.8 Å². The summed E-state index contributed by atoms with van der Waals surface area (Å²) in [7, 11) is 0. The Kier molecular flexibility index (Phi) is 3.59. The van der Waals surface area contributed by atoms with Gasteiger partial charge in [-0.1, -0.05) is 12.2 Å². The smallest absolute Gasteiger partial charge is 0.297 e. The first kappa shape index (κ1) is 15.8. The zero-order chi connectivity index (χ0) is 17.7. The fraction of sp³-hybridized carbons (Fsp3) is 0.444. The minimum absolute atomic E-state index is 0.0391. The molecule has 0 unspecified atom stereocenters. The standard InChI is InChI=1S/C18H18N2O5/c1-2-25-12-7-8-13(14(9-12)20(23)24)19-17(21)15-10-3-4-11(6-5-10)16(15)18(19)22/h3-4,7-11,15-16H,2,5-6H2,1H3/t10-,11+,15-,16-/m0/s1. The van der Waals surface area contributed by atoms with Crippen LogP contribution in [-0.2, 0) is 9.59 Å². The molecule has 7 heteroatoms. The summed E-state index contributed by atoms with van der Waals surface area (Å²) in [6.07, 6.45) is 5.83. The van der Waals surface area contributed by atoms with Gasteiger partial charge in [0.25, 0.3) is 5.69 Å². The molecule has 2 amide bonds. The molecule has 1 saturated heterocycles. The fourth-order valence-electron chi connectivity index (χ4n) is 4.41. The molecule has 1 saturated carbocycles. The highest BCUT2D eigenvalue weighted by Crippen LogP contribution is 2.51. The fourth-order valence-corrected chi connectivity index (χ4v) is 4.41. The van der Waals surface area contributed by atoms with Crippen molar-refractivity contribution in [2.45, 2.75) is 19.8 Å². The molecule has 1 heterocycles. The van der Waals surface area contributed by atoms with Gasteiger partial charge in [0.05, 0.1) is 29.4 Å². The molecule has 0 radical (unpaired) electrons. The summed E-state index contributed by atoms with van der Waals surface area (Å²) in [6, 6.07) is 4.26. The molecule has 2 fully saturated rings. The Morgan fingerprint density at radius 2 is 1.76 bits per heavy atom. The molecule has 0 aromatic heterocycles. The first-order valence-electron chi connectivity index (χ1n) is 8.50. The van der Waals surface area contributed by atoms with Crippen LogP contribution in [0.25, 0.3) is 0 Å². The van der Waals surface area contributed by atoms with Crippen molar-refractivity contribution in [2.24, 2.45) is 23.7 Å². The van der Waals surface area contributed by atoms with E-state index in [4.69, 9.17) is 4.74 Å². The van der Waals surface area contributed by atoms with Crippen LogP contribution in [0.1, 0.15) is 19.8 Å². The first-order valence-corrected chi connectivity index (χ1v) is 8.50. The summed E-state index contributed by atoms with van der Waals surface area (Å²) < 4.78 is 5.30. The third kappa shape index (κ3) is 2.26.